The van der Waals surface area contributed by atoms with Crippen molar-refractivity contribution in [3.8, 4) is 5.75 Å². The number of piperidine rings is 1. The van der Waals surface area contributed by atoms with E-state index in [0.717, 1.165) is 42.7 Å². The standard InChI is InChI=1S/C16H23N3O2/c1-11(2)18-9-5-6-12(10-18)19-15-13(17-16(19)20)7-4-8-14(15)21-3/h4,7-8,11-12H,5-6,9-10H2,1-3H3,(H,17,20). The maximum Gasteiger partial charge on any atom is 0.326 e. The van der Waals surface area contributed by atoms with Gasteiger partial charge in [-0.1, -0.05) is 6.07 Å². The molecule has 0 saturated carbocycles. The van der Waals surface area contributed by atoms with Crippen LogP contribution in [-0.2, 0) is 0 Å². The van der Waals surface area contributed by atoms with Crippen molar-refractivity contribution < 1.29 is 4.74 Å². The van der Waals surface area contributed by atoms with Crippen molar-refractivity contribution >= 4 is 11.0 Å². The predicted molar refractivity (Wildman–Crippen MR) is 84.1 cm³/mol. The molecule has 1 aromatic carbocycles. The summed E-state index contributed by atoms with van der Waals surface area (Å²) in [6, 6.07) is 6.46. The van der Waals surface area contributed by atoms with Gasteiger partial charge in [-0.2, -0.15) is 0 Å². The van der Waals surface area contributed by atoms with Gasteiger partial charge in [0.1, 0.15) is 11.3 Å². The van der Waals surface area contributed by atoms with E-state index in [2.05, 4.69) is 23.7 Å². The van der Waals surface area contributed by atoms with Crippen LogP contribution in [0.5, 0.6) is 5.75 Å². The number of imidazole rings is 1. The molecular formula is C16H23N3O2. The number of aromatic amines is 1. The van der Waals surface area contributed by atoms with Gasteiger partial charge in [0.15, 0.2) is 0 Å². The Labute approximate surface area is 124 Å². The topological polar surface area (TPSA) is 50.3 Å². The molecule has 3 rings (SSSR count). The van der Waals surface area contributed by atoms with Crippen LogP contribution in [0.15, 0.2) is 23.0 Å². The molecule has 2 heterocycles. The summed E-state index contributed by atoms with van der Waals surface area (Å²) in [6.45, 7) is 6.45. The van der Waals surface area contributed by atoms with Crippen LogP contribution in [-0.4, -0.2) is 40.7 Å². The Hall–Kier alpha value is -1.75. The SMILES string of the molecule is COc1cccc2[nH]c(=O)n(C3CCCN(C(C)C)C3)c12. The first-order valence-electron chi connectivity index (χ1n) is 7.63. The summed E-state index contributed by atoms with van der Waals surface area (Å²) in [6.07, 6.45) is 2.16. The van der Waals surface area contributed by atoms with Crippen LogP contribution in [0.1, 0.15) is 32.7 Å². The van der Waals surface area contributed by atoms with E-state index in [1.165, 1.54) is 0 Å². The van der Waals surface area contributed by atoms with E-state index in [4.69, 9.17) is 4.74 Å². The molecule has 114 valence electrons. The number of methoxy groups -OCH3 is 1. The summed E-state index contributed by atoms with van der Waals surface area (Å²) in [5.41, 5.74) is 1.70. The number of hydrogen-bond donors (Lipinski definition) is 1. The molecule has 1 fully saturated rings. The summed E-state index contributed by atoms with van der Waals surface area (Å²) >= 11 is 0. The fourth-order valence-corrected chi connectivity index (χ4v) is 3.32. The minimum absolute atomic E-state index is 0.0369. The molecule has 0 bridgehead atoms. The number of fused-ring (bicyclic) bond motifs is 1. The quantitative estimate of drug-likeness (QED) is 0.944. The predicted octanol–water partition coefficient (Wildman–Crippen LogP) is 2.38. The van der Waals surface area contributed by atoms with Gasteiger partial charge < -0.3 is 9.72 Å². The molecule has 21 heavy (non-hydrogen) atoms. The molecule has 5 nitrogen and oxygen atoms in total. The van der Waals surface area contributed by atoms with Crippen LogP contribution < -0.4 is 10.4 Å². The van der Waals surface area contributed by atoms with Gasteiger partial charge in [-0.15, -0.1) is 0 Å². The minimum atomic E-state index is -0.0369. The van der Waals surface area contributed by atoms with Gasteiger partial charge in [0.05, 0.1) is 18.7 Å². The van der Waals surface area contributed by atoms with E-state index in [1.807, 2.05) is 22.8 Å². The Balaban J connectivity index is 2.07. The number of likely N-dealkylation sites (tertiary alicyclic amines) is 1. The lowest BCUT2D eigenvalue weighted by atomic mass is 10.0. The zero-order valence-electron chi connectivity index (χ0n) is 12.9. The first kappa shape index (κ1) is 14.2. The van der Waals surface area contributed by atoms with Gasteiger partial charge in [0.2, 0.25) is 0 Å². The molecule has 1 aliphatic rings. The average Bonchev–Trinajstić information content (AvgIpc) is 2.83. The van der Waals surface area contributed by atoms with Crippen LogP contribution in [0, 0.1) is 0 Å². The fourth-order valence-electron chi connectivity index (χ4n) is 3.32. The van der Waals surface area contributed by atoms with Crippen LogP contribution in [0.4, 0.5) is 0 Å². The molecule has 5 heteroatoms. The molecule has 1 N–H and O–H groups in total. The van der Waals surface area contributed by atoms with E-state index in [9.17, 15) is 4.79 Å². The number of aromatic nitrogens is 2. The second-order valence-electron chi connectivity index (χ2n) is 6.04. The number of H-pyrrole nitrogens is 1. The number of nitrogens with zero attached hydrogens (tertiary/aromatic N) is 2. The third-order valence-electron chi connectivity index (χ3n) is 4.44. The van der Waals surface area contributed by atoms with Crippen molar-refractivity contribution in [2.75, 3.05) is 20.2 Å². The lowest BCUT2D eigenvalue weighted by Crippen LogP contribution is -2.42. The van der Waals surface area contributed by atoms with Crippen molar-refractivity contribution in [2.24, 2.45) is 0 Å². The average molecular weight is 289 g/mol. The largest absolute Gasteiger partial charge is 0.494 e. The molecule has 2 aromatic rings. The van der Waals surface area contributed by atoms with Crippen LogP contribution in [0.2, 0.25) is 0 Å². The number of benzene rings is 1. The van der Waals surface area contributed by atoms with Gasteiger partial charge >= 0.3 is 5.69 Å². The normalized spacial score (nSPS) is 20.3. The zero-order chi connectivity index (χ0) is 15.0. The highest BCUT2D eigenvalue weighted by molar-refractivity contribution is 5.82. The van der Waals surface area contributed by atoms with Gasteiger partial charge in [-0.3, -0.25) is 9.47 Å². The summed E-state index contributed by atoms with van der Waals surface area (Å²) < 4.78 is 7.34. The molecule has 0 spiro atoms. The molecular weight excluding hydrogens is 266 g/mol. The highest BCUT2D eigenvalue weighted by Gasteiger charge is 2.26. The minimum Gasteiger partial charge on any atom is -0.494 e. The number of para-hydroxylation sites is 1. The zero-order valence-corrected chi connectivity index (χ0v) is 12.9. The van der Waals surface area contributed by atoms with Crippen molar-refractivity contribution in [3.63, 3.8) is 0 Å². The van der Waals surface area contributed by atoms with Crippen molar-refractivity contribution in [1.82, 2.24) is 14.5 Å². The molecule has 1 aliphatic heterocycles. The number of ether oxygens (including phenoxy) is 1. The monoisotopic (exact) mass is 289 g/mol. The molecule has 0 aliphatic carbocycles. The van der Waals surface area contributed by atoms with E-state index in [1.54, 1.807) is 7.11 Å². The first-order valence-corrected chi connectivity index (χ1v) is 7.63. The summed E-state index contributed by atoms with van der Waals surface area (Å²) in [7, 11) is 1.65. The van der Waals surface area contributed by atoms with Crippen molar-refractivity contribution in [2.45, 2.75) is 38.8 Å². The Bertz CT molecular complexity index is 686. The lowest BCUT2D eigenvalue weighted by Gasteiger charge is -2.35. The Morgan fingerprint density at radius 2 is 2.19 bits per heavy atom. The number of hydrogen-bond acceptors (Lipinski definition) is 3. The van der Waals surface area contributed by atoms with Crippen molar-refractivity contribution in [1.29, 1.82) is 0 Å². The maximum absolute atomic E-state index is 12.4. The van der Waals surface area contributed by atoms with Crippen LogP contribution in [0.3, 0.4) is 0 Å². The van der Waals surface area contributed by atoms with Gasteiger partial charge in [0, 0.05) is 12.6 Å². The third-order valence-corrected chi connectivity index (χ3v) is 4.44. The smallest absolute Gasteiger partial charge is 0.326 e. The molecule has 0 radical (unpaired) electrons. The van der Waals surface area contributed by atoms with E-state index in [-0.39, 0.29) is 11.7 Å². The van der Waals surface area contributed by atoms with Crippen LogP contribution >= 0.6 is 0 Å². The van der Waals surface area contributed by atoms with Crippen molar-refractivity contribution in [3.05, 3.63) is 28.7 Å². The van der Waals surface area contributed by atoms with Crippen LogP contribution in [0.25, 0.3) is 11.0 Å². The fraction of sp³-hybridized carbons (Fsp3) is 0.562. The highest BCUT2D eigenvalue weighted by Crippen LogP contribution is 2.29. The summed E-state index contributed by atoms with van der Waals surface area (Å²) in [5.74, 6) is 0.757. The summed E-state index contributed by atoms with van der Waals surface area (Å²) in [4.78, 5) is 17.8. The van der Waals surface area contributed by atoms with E-state index >= 15 is 0 Å². The molecule has 1 aromatic heterocycles. The summed E-state index contributed by atoms with van der Waals surface area (Å²) in [5, 5.41) is 0. The Morgan fingerprint density at radius 3 is 2.90 bits per heavy atom. The number of rotatable bonds is 3. The Morgan fingerprint density at radius 1 is 1.38 bits per heavy atom. The first-order chi connectivity index (χ1) is 10.1. The Kier molecular flexibility index (Phi) is 3.76. The molecule has 0 amide bonds. The second kappa shape index (κ2) is 5.56. The van der Waals surface area contributed by atoms with Gasteiger partial charge in [-0.25, -0.2) is 4.79 Å². The third kappa shape index (κ3) is 2.46. The molecule has 1 saturated heterocycles. The maximum atomic E-state index is 12.4. The van der Waals surface area contributed by atoms with E-state index < -0.39 is 0 Å². The van der Waals surface area contributed by atoms with Gasteiger partial charge in [-0.05, 0) is 45.4 Å². The lowest BCUT2D eigenvalue weighted by molar-refractivity contribution is 0.143. The second-order valence-corrected chi connectivity index (χ2v) is 6.04. The van der Waals surface area contributed by atoms with E-state index in [0.29, 0.717) is 6.04 Å². The van der Waals surface area contributed by atoms with Gasteiger partial charge in [0.25, 0.3) is 0 Å². The highest BCUT2D eigenvalue weighted by atomic mass is 16.5. The number of nitrogens with one attached hydrogen (secondary N) is 1. The molecule has 1 atom stereocenters. The molecule has 1 unspecified atom stereocenters.